The van der Waals surface area contributed by atoms with Crippen LogP contribution in [0.5, 0.6) is 46.0 Å². The fourth-order valence-corrected chi connectivity index (χ4v) is 5.39. The minimum Gasteiger partial charge on any atom is -0.870 e. The number of nitrogens with zero attached hydrogens (tertiary/aromatic N) is 6. The molecule has 0 aromatic heterocycles. The Morgan fingerprint density at radius 3 is 0.926 bits per heavy atom. The van der Waals surface area contributed by atoms with Crippen molar-refractivity contribution >= 4 is 59.6 Å². The SMILES string of the molecule is CCOc1cccc(C=NCCCNCCN=Cc2cccc(OCC)c2[O-])c1[O-].CCOc1cccc(C=NCCCNCCN=Cc2cccc(OCC)c2[O-])c1[O-].[Fe+4].[Fe+4].[N-]=C=S.[N-]=C=S. The van der Waals surface area contributed by atoms with Gasteiger partial charge in [-0.15, -0.1) is 0 Å². The van der Waals surface area contributed by atoms with Gasteiger partial charge in [0.05, 0.1) is 39.5 Å². The average Bonchev–Trinajstić information content (AvgIpc) is 3.30. The van der Waals surface area contributed by atoms with Crippen LogP contribution in [-0.2, 0) is 34.1 Å². The van der Waals surface area contributed by atoms with Crippen LogP contribution in [0.2, 0.25) is 0 Å². The molecule has 0 aliphatic heterocycles. The summed E-state index contributed by atoms with van der Waals surface area (Å²) >= 11 is 7.40. The normalized spacial score (nSPS) is 10.3. The molecular formula is C48H58Fe2N8O8S2+2. The molecule has 68 heavy (non-hydrogen) atoms. The zero-order chi connectivity index (χ0) is 48.6. The first-order chi connectivity index (χ1) is 32.2. The van der Waals surface area contributed by atoms with E-state index in [0.717, 1.165) is 25.9 Å². The van der Waals surface area contributed by atoms with Crippen LogP contribution < -0.4 is 50.0 Å². The van der Waals surface area contributed by atoms with Crippen molar-refractivity contribution in [3.8, 4) is 46.0 Å². The van der Waals surface area contributed by atoms with E-state index in [1.54, 1.807) is 97.7 Å². The van der Waals surface area contributed by atoms with Gasteiger partial charge in [-0.1, -0.05) is 96.0 Å². The van der Waals surface area contributed by atoms with Gasteiger partial charge in [0, 0.05) is 51.0 Å². The second-order valence-electron chi connectivity index (χ2n) is 13.0. The number of ether oxygens (including phenoxy) is 4. The van der Waals surface area contributed by atoms with Crippen LogP contribution in [0.3, 0.4) is 0 Å². The third-order valence-electron chi connectivity index (χ3n) is 8.28. The number of aliphatic imine (C=N–C) groups is 4. The van der Waals surface area contributed by atoms with Gasteiger partial charge in [-0.25, -0.2) is 0 Å². The second kappa shape index (κ2) is 42.8. The van der Waals surface area contributed by atoms with Gasteiger partial charge in [-0.3, -0.25) is 20.0 Å². The molecule has 0 aliphatic rings. The molecule has 0 unspecified atom stereocenters. The van der Waals surface area contributed by atoms with E-state index >= 15 is 0 Å². The van der Waals surface area contributed by atoms with E-state index in [4.69, 9.17) is 29.8 Å². The topological polar surface area (TPSA) is 247 Å². The van der Waals surface area contributed by atoms with Gasteiger partial charge in [0.25, 0.3) is 0 Å². The standard InChI is InChI=1S/2C23H31N3O4.2CNS.2Fe/c2*1-3-29-20-10-5-8-18(22(20)27)16-25-13-7-12-24-14-15-26-17-19-9-6-11-21(23(19)28)30-4-2;2*2-1-3;;/h2*5-6,8-11,16-17,24,27-28H,3-4,7,12-15H2,1-2H3;;;;/q;;2*-1;2*+4/p-4. The Morgan fingerprint density at radius 2 is 0.691 bits per heavy atom. The van der Waals surface area contributed by atoms with Gasteiger partial charge >= 0.3 is 34.1 Å². The van der Waals surface area contributed by atoms with Crippen molar-refractivity contribution in [1.82, 2.24) is 10.6 Å². The average molecular weight is 1050 g/mol. The maximum atomic E-state index is 12.1. The van der Waals surface area contributed by atoms with E-state index in [1.165, 1.54) is 10.3 Å². The van der Waals surface area contributed by atoms with Crippen LogP contribution in [0.1, 0.15) is 62.8 Å². The summed E-state index contributed by atoms with van der Waals surface area (Å²) in [5.41, 5.74) is 2.13. The molecule has 0 radical (unpaired) electrons. The molecule has 0 saturated heterocycles. The van der Waals surface area contributed by atoms with E-state index in [-0.39, 0.29) is 57.1 Å². The molecule has 16 nitrogen and oxygen atoms in total. The molecule has 4 aromatic rings. The zero-order valence-electron chi connectivity index (χ0n) is 38.6. The third-order valence-corrected chi connectivity index (χ3v) is 8.28. The summed E-state index contributed by atoms with van der Waals surface area (Å²) in [7, 11) is 0. The van der Waals surface area contributed by atoms with Gasteiger partial charge in [0.15, 0.2) is 0 Å². The number of benzene rings is 4. The van der Waals surface area contributed by atoms with Crippen LogP contribution in [0.4, 0.5) is 0 Å². The molecule has 0 saturated carbocycles. The predicted octanol–water partition coefficient (Wildman–Crippen LogP) is 5.61. The largest absolute Gasteiger partial charge is 4.00 e. The van der Waals surface area contributed by atoms with Crippen LogP contribution in [-0.4, -0.2) is 114 Å². The summed E-state index contributed by atoms with van der Waals surface area (Å²) < 4.78 is 21.2. The van der Waals surface area contributed by atoms with Crippen LogP contribution >= 0.6 is 24.4 Å². The minimum absolute atomic E-state index is 0. The molecule has 4 rings (SSSR count). The van der Waals surface area contributed by atoms with Crippen molar-refractivity contribution in [2.45, 2.75) is 40.5 Å². The van der Waals surface area contributed by atoms with Gasteiger partial charge < -0.3 is 60.8 Å². The first-order valence-electron chi connectivity index (χ1n) is 21.3. The van der Waals surface area contributed by atoms with Crippen molar-refractivity contribution in [3.05, 3.63) is 106 Å². The van der Waals surface area contributed by atoms with E-state index in [0.29, 0.717) is 111 Å². The van der Waals surface area contributed by atoms with Crippen molar-refractivity contribution in [2.75, 3.05) is 78.8 Å². The number of isothiocyanates is 2. The van der Waals surface area contributed by atoms with Crippen LogP contribution in [0, 0.1) is 0 Å². The number of nitrogens with one attached hydrogen (secondary N) is 2. The third kappa shape index (κ3) is 27.4. The molecule has 0 atom stereocenters. The van der Waals surface area contributed by atoms with Gasteiger partial charge in [0.1, 0.15) is 23.0 Å². The Morgan fingerprint density at radius 1 is 0.456 bits per heavy atom. The summed E-state index contributed by atoms with van der Waals surface area (Å²) in [6, 6.07) is 20.8. The van der Waals surface area contributed by atoms with E-state index in [9.17, 15) is 20.4 Å². The maximum Gasteiger partial charge on any atom is 4.00 e. The monoisotopic (exact) mass is 1050 g/mol. The molecule has 364 valence electrons. The molecule has 0 heterocycles. The molecule has 0 bridgehead atoms. The molecule has 0 fully saturated rings. The molecule has 0 amide bonds. The van der Waals surface area contributed by atoms with Crippen molar-refractivity contribution < 1.29 is 73.5 Å². The first-order valence-corrected chi connectivity index (χ1v) is 22.1. The molecule has 4 aromatic carbocycles. The van der Waals surface area contributed by atoms with Gasteiger partial charge in [-0.2, -0.15) is 10.3 Å². The maximum absolute atomic E-state index is 12.1. The molecule has 0 spiro atoms. The molecule has 0 aliphatic carbocycles. The predicted molar refractivity (Wildman–Crippen MR) is 265 cm³/mol. The fourth-order valence-electron chi connectivity index (χ4n) is 5.39. The summed E-state index contributed by atoms with van der Waals surface area (Å²) in [4.78, 5) is 17.2. The fraction of sp³-hybridized carbons (Fsp3) is 0.375. The van der Waals surface area contributed by atoms with Crippen LogP contribution in [0.25, 0.3) is 10.8 Å². The minimum atomic E-state index is -0.137. The van der Waals surface area contributed by atoms with Crippen LogP contribution in [0.15, 0.2) is 92.8 Å². The van der Waals surface area contributed by atoms with E-state index in [2.05, 4.69) is 55.0 Å². The number of rotatable bonds is 26. The number of thiocarbonyl (C=S) groups is 2. The van der Waals surface area contributed by atoms with Crippen molar-refractivity contribution in [2.24, 2.45) is 20.0 Å². The van der Waals surface area contributed by atoms with E-state index < -0.39 is 0 Å². The van der Waals surface area contributed by atoms with Gasteiger partial charge in [-0.05, 0) is 100 Å². The molecular weight excluding hydrogens is 992 g/mol. The summed E-state index contributed by atoms with van der Waals surface area (Å²) in [6.45, 7) is 14.6. The molecule has 20 heteroatoms. The Hall–Kier alpha value is -5.48. The molecule has 2 N–H and O–H groups in total. The summed E-state index contributed by atoms with van der Waals surface area (Å²) in [5.74, 6) is 0.889. The zero-order valence-corrected chi connectivity index (χ0v) is 42.5. The second-order valence-corrected chi connectivity index (χ2v) is 13.3. The van der Waals surface area contributed by atoms with Crippen molar-refractivity contribution in [3.63, 3.8) is 0 Å². The Kier molecular flexibility index (Phi) is 40.7. The smallest absolute Gasteiger partial charge is 0.870 e. The van der Waals surface area contributed by atoms with Gasteiger partial charge in [0.2, 0.25) is 0 Å². The Bertz CT molecular complexity index is 1880. The summed E-state index contributed by atoms with van der Waals surface area (Å²) in [5, 5.41) is 72.0. The summed E-state index contributed by atoms with van der Waals surface area (Å²) in [6.07, 6.45) is 8.08. The Balaban J connectivity index is 0. The van der Waals surface area contributed by atoms with Crippen molar-refractivity contribution in [1.29, 1.82) is 0 Å². The number of para-hydroxylation sites is 4. The first kappa shape index (κ1) is 64.6. The van der Waals surface area contributed by atoms with E-state index in [1.807, 2.05) is 27.7 Å². The quantitative estimate of drug-likeness (QED) is 0.0337. The number of hydrogen-bond donors (Lipinski definition) is 2. The number of hydrogen-bond acceptors (Lipinski definition) is 16. The Labute approximate surface area is 432 Å².